The van der Waals surface area contributed by atoms with Gasteiger partial charge in [-0.05, 0) is 26.0 Å². The van der Waals surface area contributed by atoms with E-state index in [0.717, 1.165) is 0 Å². The van der Waals surface area contributed by atoms with Gasteiger partial charge >= 0.3 is 10.2 Å². The van der Waals surface area contributed by atoms with Gasteiger partial charge in [-0.3, -0.25) is 4.31 Å². The second-order valence-corrected chi connectivity index (χ2v) is 5.72. The highest BCUT2D eigenvalue weighted by Gasteiger charge is 2.22. The molecule has 6 heteroatoms. The number of hydrogen-bond donors (Lipinski definition) is 1. The number of nitrogens with one attached hydrogen (secondary N) is 1. The lowest BCUT2D eigenvalue weighted by molar-refractivity contribution is 0.564. The Morgan fingerprint density at radius 1 is 1.33 bits per heavy atom. The quantitative estimate of drug-likeness (QED) is 0.851. The van der Waals surface area contributed by atoms with Crippen molar-refractivity contribution < 1.29 is 8.42 Å². The number of benzene rings is 1. The van der Waals surface area contributed by atoms with Gasteiger partial charge in [-0.1, -0.05) is 18.2 Å². The summed E-state index contributed by atoms with van der Waals surface area (Å²) in [5.74, 6) is 0. The fourth-order valence-electron chi connectivity index (χ4n) is 1.50. The van der Waals surface area contributed by atoms with Gasteiger partial charge in [0.2, 0.25) is 0 Å². The predicted octanol–water partition coefficient (Wildman–Crippen LogP) is 1.65. The molecule has 0 bridgehead atoms. The number of para-hydroxylation sites is 1. The summed E-state index contributed by atoms with van der Waals surface area (Å²) in [6, 6.07) is 10.5. The highest BCUT2D eigenvalue weighted by Crippen LogP contribution is 2.17. The summed E-state index contributed by atoms with van der Waals surface area (Å²) < 4.78 is 28.0. The van der Waals surface area contributed by atoms with Crippen molar-refractivity contribution >= 4 is 15.9 Å². The second-order valence-electron chi connectivity index (χ2n) is 4.09. The third-order valence-electron chi connectivity index (χ3n) is 2.15. The Labute approximate surface area is 108 Å². The topological polar surface area (TPSA) is 73.2 Å². The van der Waals surface area contributed by atoms with Gasteiger partial charge in [-0.15, -0.1) is 0 Å². The van der Waals surface area contributed by atoms with E-state index in [0.29, 0.717) is 5.69 Å². The summed E-state index contributed by atoms with van der Waals surface area (Å²) in [7, 11) is -3.61. The van der Waals surface area contributed by atoms with Gasteiger partial charge in [0.05, 0.1) is 18.2 Å². The molecule has 1 rings (SSSR count). The molecule has 98 valence electrons. The average Bonchev–Trinajstić information content (AvgIpc) is 2.29. The molecule has 0 fully saturated rings. The lowest BCUT2D eigenvalue weighted by Crippen LogP contribution is -2.44. The van der Waals surface area contributed by atoms with Crippen LogP contribution in [0.1, 0.15) is 20.3 Å². The van der Waals surface area contributed by atoms with Crippen LogP contribution in [0.15, 0.2) is 30.3 Å². The van der Waals surface area contributed by atoms with E-state index in [1.807, 2.05) is 12.1 Å². The molecule has 1 N–H and O–H groups in total. The Kier molecular flexibility index (Phi) is 5.13. The lowest BCUT2D eigenvalue weighted by atomic mass is 10.3. The fraction of sp³-hybridized carbons (Fsp3) is 0.417. The molecule has 0 aliphatic heterocycles. The summed E-state index contributed by atoms with van der Waals surface area (Å²) in [6.45, 7) is 3.65. The maximum atomic E-state index is 12.2. The summed E-state index contributed by atoms with van der Waals surface area (Å²) in [4.78, 5) is 0. The first-order valence-corrected chi connectivity index (χ1v) is 7.13. The Hall–Kier alpha value is -1.58. The first-order chi connectivity index (χ1) is 8.47. The Bertz CT molecular complexity index is 506. The number of nitriles is 1. The number of nitrogens with zero attached hydrogens (tertiary/aromatic N) is 2. The lowest BCUT2D eigenvalue weighted by Gasteiger charge is -2.24. The van der Waals surface area contributed by atoms with Crippen molar-refractivity contribution in [2.45, 2.75) is 26.3 Å². The highest BCUT2D eigenvalue weighted by molar-refractivity contribution is 7.90. The van der Waals surface area contributed by atoms with Gasteiger partial charge in [0.15, 0.2) is 0 Å². The molecule has 18 heavy (non-hydrogen) atoms. The highest BCUT2D eigenvalue weighted by atomic mass is 32.2. The van der Waals surface area contributed by atoms with Crippen LogP contribution in [0.4, 0.5) is 5.69 Å². The smallest absolute Gasteiger partial charge is 0.257 e. The molecule has 1 aromatic rings. The molecule has 5 nitrogen and oxygen atoms in total. The molecule has 0 amide bonds. The standard InChI is InChI=1S/C12H17N3O2S/c1-11(2)14-18(16,17)15(10-6-9-13)12-7-4-3-5-8-12/h3-5,7-8,11,14H,6,10H2,1-2H3. The second kappa shape index (κ2) is 6.38. The van der Waals surface area contributed by atoms with E-state index < -0.39 is 10.2 Å². The van der Waals surface area contributed by atoms with Crippen LogP contribution in [0.3, 0.4) is 0 Å². The molecular weight excluding hydrogens is 250 g/mol. The minimum absolute atomic E-state index is 0.141. The SMILES string of the molecule is CC(C)NS(=O)(=O)N(CCC#N)c1ccccc1. The molecule has 0 aliphatic carbocycles. The van der Waals surface area contributed by atoms with Crippen molar-refractivity contribution in [2.75, 3.05) is 10.8 Å². The number of anilines is 1. The zero-order chi connectivity index (χ0) is 13.6. The van der Waals surface area contributed by atoms with Crippen LogP contribution in [-0.2, 0) is 10.2 Å². The van der Waals surface area contributed by atoms with Crippen LogP contribution in [0, 0.1) is 11.3 Å². The van der Waals surface area contributed by atoms with E-state index >= 15 is 0 Å². The van der Waals surface area contributed by atoms with Crippen LogP contribution in [0.2, 0.25) is 0 Å². The van der Waals surface area contributed by atoms with Crippen molar-refractivity contribution in [3.63, 3.8) is 0 Å². The first-order valence-electron chi connectivity index (χ1n) is 5.69. The van der Waals surface area contributed by atoms with E-state index in [4.69, 9.17) is 5.26 Å². The third kappa shape index (κ3) is 4.02. The fourth-order valence-corrected chi connectivity index (χ4v) is 2.95. The van der Waals surface area contributed by atoms with E-state index in [2.05, 4.69) is 4.72 Å². The molecular formula is C12H17N3O2S. The Balaban J connectivity index is 3.03. The van der Waals surface area contributed by atoms with Crippen molar-refractivity contribution in [3.05, 3.63) is 30.3 Å². The normalized spacial score (nSPS) is 11.2. The van der Waals surface area contributed by atoms with Gasteiger partial charge in [0, 0.05) is 12.6 Å². The van der Waals surface area contributed by atoms with Crippen LogP contribution < -0.4 is 9.03 Å². The van der Waals surface area contributed by atoms with Crippen LogP contribution in [0.25, 0.3) is 0 Å². The van der Waals surface area contributed by atoms with Crippen LogP contribution in [0.5, 0.6) is 0 Å². The van der Waals surface area contributed by atoms with E-state index in [1.54, 1.807) is 38.1 Å². The van der Waals surface area contributed by atoms with Gasteiger partial charge in [0.1, 0.15) is 0 Å². The Morgan fingerprint density at radius 3 is 2.44 bits per heavy atom. The van der Waals surface area contributed by atoms with Gasteiger partial charge in [0.25, 0.3) is 0 Å². The number of hydrogen-bond acceptors (Lipinski definition) is 3. The van der Waals surface area contributed by atoms with Crippen molar-refractivity contribution in [1.82, 2.24) is 4.72 Å². The Morgan fingerprint density at radius 2 is 1.94 bits per heavy atom. The largest absolute Gasteiger partial charge is 0.301 e. The minimum atomic E-state index is -3.61. The summed E-state index contributed by atoms with van der Waals surface area (Å²) >= 11 is 0. The molecule has 0 heterocycles. The maximum absolute atomic E-state index is 12.2. The maximum Gasteiger partial charge on any atom is 0.301 e. The summed E-state index contributed by atoms with van der Waals surface area (Å²) in [5.41, 5.74) is 0.556. The molecule has 0 saturated heterocycles. The molecule has 0 aliphatic rings. The molecule has 0 unspecified atom stereocenters. The van der Waals surface area contributed by atoms with Crippen LogP contribution >= 0.6 is 0 Å². The molecule has 0 aromatic heterocycles. The van der Waals surface area contributed by atoms with Gasteiger partial charge in [-0.25, -0.2) is 0 Å². The molecule has 0 radical (unpaired) electrons. The van der Waals surface area contributed by atoms with Crippen molar-refractivity contribution in [1.29, 1.82) is 5.26 Å². The van der Waals surface area contributed by atoms with E-state index in [9.17, 15) is 8.42 Å². The van der Waals surface area contributed by atoms with Gasteiger partial charge in [-0.2, -0.15) is 18.4 Å². The summed E-state index contributed by atoms with van der Waals surface area (Å²) in [6.07, 6.45) is 0.147. The van der Waals surface area contributed by atoms with Gasteiger partial charge < -0.3 is 0 Å². The molecule has 0 spiro atoms. The molecule has 1 aromatic carbocycles. The number of rotatable bonds is 6. The van der Waals surface area contributed by atoms with Crippen LogP contribution in [-0.4, -0.2) is 21.0 Å². The molecule has 0 saturated carbocycles. The zero-order valence-electron chi connectivity index (χ0n) is 10.5. The third-order valence-corrected chi connectivity index (χ3v) is 3.89. The van der Waals surface area contributed by atoms with Crippen molar-refractivity contribution in [3.8, 4) is 6.07 Å². The van der Waals surface area contributed by atoms with E-state index in [1.165, 1.54) is 4.31 Å². The first kappa shape index (κ1) is 14.5. The minimum Gasteiger partial charge on any atom is -0.257 e. The average molecular weight is 267 g/mol. The zero-order valence-corrected chi connectivity index (χ0v) is 11.3. The van der Waals surface area contributed by atoms with Crippen molar-refractivity contribution in [2.24, 2.45) is 0 Å². The molecule has 0 atom stereocenters. The predicted molar refractivity (Wildman–Crippen MR) is 71.2 cm³/mol. The van der Waals surface area contributed by atoms with E-state index in [-0.39, 0.29) is 19.0 Å². The monoisotopic (exact) mass is 267 g/mol. The summed E-state index contributed by atoms with van der Waals surface area (Å²) in [5, 5.41) is 8.62.